The van der Waals surface area contributed by atoms with Crippen LogP contribution in [0.15, 0.2) is 41.2 Å². The number of nitrogen functional groups attached to an aromatic ring is 1. The lowest BCUT2D eigenvalue weighted by atomic mass is 10.2. The molecule has 0 spiro atoms. The van der Waals surface area contributed by atoms with Crippen LogP contribution in [0.5, 0.6) is 5.75 Å². The van der Waals surface area contributed by atoms with Gasteiger partial charge in [0, 0.05) is 42.7 Å². The van der Waals surface area contributed by atoms with Gasteiger partial charge in [0.2, 0.25) is 0 Å². The summed E-state index contributed by atoms with van der Waals surface area (Å²) in [4.78, 5) is 2.09. The maximum atomic E-state index is 5.82. The van der Waals surface area contributed by atoms with Crippen LogP contribution < -0.4 is 15.4 Å². The summed E-state index contributed by atoms with van der Waals surface area (Å²) >= 11 is 0. The minimum absolute atomic E-state index is 0.693. The molecule has 0 bridgehead atoms. The van der Waals surface area contributed by atoms with E-state index in [-0.39, 0.29) is 0 Å². The number of benzene rings is 1. The first kappa shape index (κ1) is 11.4. The third kappa shape index (κ3) is 2.72. The van der Waals surface area contributed by atoms with Crippen molar-refractivity contribution < 1.29 is 9.15 Å². The molecule has 2 N–H and O–H groups in total. The standard InChI is InChI=1S/C13H16N2O2/c1-15(8-10-3-4-17-9-10)12-5-11(14)6-13(7-12)16-2/h3-7,9H,8,14H2,1-2H3. The fraction of sp³-hybridized carbons (Fsp3) is 0.231. The SMILES string of the molecule is COc1cc(N)cc(N(C)Cc2ccoc2)c1. The molecule has 2 aromatic rings. The molecular weight excluding hydrogens is 216 g/mol. The van der Waals surface area contributed by atoms with Crippen molar-refractivity contribution in [3.8, 4) is 5.75 Å². The lowest BCUT2D eigenvalue weighted by Crippen LogP contribution is -2.16. The second-order valence-corrected chi connectivity index (χ2v) is 3.95. The van der Waals surface area contributed by atoms with E-state index in [0.717, 1.165) is 23.5 Å². The predicted molar refractivity (Wildman–Crippen MR) is 68.2 cm³/mol. The van der Waals surface area contributed by atoms with Crippen LogP contribution in [0.4, 0.5) is 11.4 Å². The maximum Gasteiger partial charge on any atom is 0.122 e. The zero-order chi connectivity index (χ0) is 12.3. The summed E-state index contributed by atoms with van der Waals surface area (Å²) in [6.45, 7) is 0.767. The van der Waals surface area contributed by atoms with Crippen LogP contribution in [0, 0.1) is 0 Å². The lowest BCUT2D eigenvalue weighted by molar-refractivity contribution is 0.415. The molecule has 0 fully saturated rings. The van der Waals surface area contributed by atoms with E-state index in [1.54, 1.807) is 25.7 Å². The van der Waals surface area contributed by atoms with Crippen LogP contribution in [0.2, 0.25) is 0 Å². The Balaban J connectivity index is 2.18. The zero-order valence-corrected chi connectivity index (χ0v) is 10.0. The molecule has 0 aliphatic heterocycles. The fourth-order valence-corrected chi connectivity index (χ4v) is 1.69. The van der Waals surface area contributed by atoms with Gasteiger partial charge >= 0.3 is 0 Å². The van der Waals surface area contributed by atoms with Crippen LogP contribution >= 0.6 is 0 Å². The van der Waals surface area contributed by atoms with Crippen molar-refractivity contribution in [2.75, 3.05) is 24.8 Å². The predicted octanol–water partition coefficient (Wildman–Crippen LogP) is 2.51. The third-order valence-electron chi connectivity index (χ3n) is 2.59. The highest BCUT2D eigenvalue weighted by molar-refractivity contribution is 5.60. The van der Waals surface area contributed by atoms with Gasteiger partial charge in [-0.15, -0.1) is 0 Å². The molecule has 1 aromatic carbocycles. The smallest absolute Gasteiger partial charge is 0.122 e. The quantitative estimate of drug-likeness (QED) is 0.823. The van der Waals surface area contributed by atoms with Gasteiger partial charge in [-0.05, 0) is 12.1 Å². The first-order chi connectivity index (χ1) is 8.19. The van der Waals surface area contributed by atoms with Crippen molar-refractivity contribution in [2.24, 2.45) is 0 Å². The van der Waals surface area contributed by atoms with Gasteiger partial charge in [0.05, 0.1) is 19.6 Å². The second kappa shape index (κ2) is 4.82. The Bertz CT molecular complexity index is 480. The van der Waals surface area contributed by atoms with Crippen LogP contribution in [0.25, 0.3) is 0 Å². The van der Waals surface area contributed by atoms with Crippen molar-refractivity contribution in [3.05, 3.63) is 42.4 Å². The van der Waals surface area contributed by atoms with E-state index in [0.29, 0.717) is 5.69 Å². The molecule has 0 aliphatic carbocycles. The highest BCUT2D eigenvalue weighted by Gasteiger charge is 2.06. The highest BCUT2D eigenvalue weighted by atomic mass is 16.5. The molecule has 0 aliphatic rings. The fourth-order valence-electron chi connectivity index (χ4n) is 1.69. The average Bonchev–Trinajstić information content (AvgIpc) is 2.81. The Labute approximate surface area is 101 Å². The molecule has 0 saturated carbocycles. The normalized spacial score (nSPS) is 10.2. The molecule has 90 valence electrons. The maximum absolute atomic E-state index is 5.82. The molecule has 0 unspecified atom stereocenters. The minimum atomic E-state index is 0.693. The van der Waals surface area contributed by atoms with E-state index in [9.17, 15) is 0 Å². The van der Waals surface area contributed by atoms with Crippen molar-refractivity contribution in [1.82, 2.24) is 0 Å². The van der Waals surface area contributed by atoms with E-state index in [4.69, 9.17) is 14.9 Å². The Morgan fingerprint density at radius 2 is 2.18 bits per heavy atom. The van der Waals surface area contributed by atoms with Crippen LogP contribution in [0.1, 0.15) is 5.56 Å². The number of anilines is 2. The molecule has 4 nitrogen and oxygen atoms in total. The van der Waals surface area contributed by atoms with Gasteiger partial charge in [-0.3, -0.25) is 0 Å². The Hall–Kier alpha value is -2.10. The Morgan fingerprint density at radius 3 is 2.82 bits per heavy atom. The van der Waals surface area contributed by atoms with Crippen LogP contribution in [0.3, 0.4) is 0 Å². The highest BCUT2D eigenvalue weighted by Crippen LogP contribution is 2.25. The number of ether oxygens (including phenoxy) is 1. The molecule has 1 heterocycles. The van der Waals surface area contributed by atoms with E-state index in [1.807, 2.05) is 25.2 Å². The molecule has 0 saturated heterocycles. The summed E-state index contributed by atoms with van der Waals surface area (Å²) in [5, 5.41) is 0. The molecule has 0 amide bonds. The number of nitrogens with two attached hydrogens (primary N) is 1. The summed E-state index contributed by atoms with van der Waals surface area (Å²) in [7, 11) is 3.63. The number of methoxy groups -OCH3 is 1. The molecule has 0 atom stereocenters. The molecule has 2 rings (SSSR count). The molecule has 17 heavy (non-hydrogen) atoms. The average molecular weight is 232 g/mol. The summed E-state index contributed by atoms with van der Waals surface area (Å²) in [6.07, 6.45) is 3.41. The Kier molecular flexibility index (Phi) is 3.23. The topological polar surface area (TPSA) is 51.6 Å². The van der Waals surface area contributed by atoms with Crippen LogP contribution in [-0.4, -0.2) is 14.2 Å². The number of hydrogen-bond acceptors (Lipinski definition) is 4. The van der Waals surface area contributed by atoms with Gasteiger partial charge in [-0.25, -0.2) is 0 Å². The largest absolute Gasteiger partial charge is 0.497 e. The van der Waals surface area contributed by atoms with Gasteiger partial charge in [-0.1, -0.05) is 0 Å². The molecule has 4 heteroatoms. The number of nitrogens with zero attached hydrogens (tertiary/aromatic N) is 1. The monoisotopic (exact) mass is 232 g/mol. The van der Waals surface area contributed by atoms with E-state index in [2.05, 4.69) is 4.90 Å². The van der Waals surface area contributed by atoms with E-state index < -0.39 is 0 Å². The van der Waals surface area contributed by atoms with Gasteiger partial charge in [0.1, 0.15) is 5.75 Å². The first-order valence-electron chi connectivity index (χ1n) is 5.36. The van der Waals surface area contributed by atoms with E-state index in [1.165, 1.54) is 0 Å². The summed E-state index contributed by atoms with van der Waals surface area (Å²) < 4.78 is 10.2. The zero-order valence-electron chi connectivity index (χ0n) is 10.0. The lowest BCUT2D eigenvalue weighted by Gasteiger charge is -2.19. The Morgan fingerprint density at radius 1 is 1.35 bits per heavy atom. The van der Waals surface area contributed by atoms with Crippen molar-refractivity contribution in [1.29, 1.82) is 0 Å². The van der Waals surface area contributed by atoms with Crippen molar-refractivity contribution in [3.63, 3.8) is 0 Å². The number of furan rings is 1. The van der Waals surface area contributed by atoms with Gasteiger partial charge in [0.15, 0.2) is 0 Å². The van der Waals surface area contributed by atoms with Gasteiger partial charge in [0.25, 0.3) is 0 Å². The summed E-state index contributed by atoms with van der Waals surface area (Å²) in [5.74, 6) is 0.763. The van der Waals surface area contributed by atoms with Gasteiger partial charge < -0.3 is 19.8 Å². The van der Waals surface area contributed by atoms with Crippen molar-refractivity contribution in [2.45, 2.75) is 6.54 Å². The molecular formula is C13H16N2O2. The molecule has 1 aromatic heterocycles. The van der Waals surface area contributed by atoms with Crippen molar-refractivity contribution >= 4 is 11.4 Å². The molecule has 0 radical (unpaired) electrons. The number of hydrogen-bond donors (Lipinski definition) is 1. The minimum Gasteiger partial charge on any atom is -0.497 e. The first-order valence-corrected chi connectivity index (χ1v) is 5.36. The van der Waals surface area contributed by atoms with Crippen LogP contribution in [-0.2, 0) is 6.54 Å². The summed E-state index contributed by atoms with van der Waals surface area (Å²) in [5.41, 5.74) is 8.65. The number of rotatable bonds is 4. The third-order valence-corrected chi connectivity index (χ3v) is 2.59. The van der Waals surface area contributed by atoms with Gasteiger partial charge in [-0.2, -0.15) is 0 Å². The second-order valence-electron chi connectivity index (χ2n) is 3.95. The summed E-state index contributed by atoms with van der Waals surface area (Å²) in [6, 6.07) is 7.62. The van der Waals surface area contributed by atoms with E-state index >= 15 is 0 Å².